The van der Waals surface area contributed by atoms with E-state index in [2.05, 4.69) is 4.99 Å². The molecule has 0 aromatic heterocycles. The van der Waals surface area contributed by atoms with E-state index in [0.717, 1.165) is 30.0 Å². The summed E-state index contributed by atoms with van der Waals surface area (Å²) in [6.45, 7) is 3.27. The molecule has 6 heteroatoms. The average Bonchev–Trinajstić information content (AvgIpc) is 3.29. The zero-order valence-electron chi connectivity index (χ0n) is 15.6. The van der Waals surface area contributed by atoms with Gasteiger partial charge in [-0.1, -0.05) is 12.1 Å². The van der Waals surface area contributed by atoms with Gasteiger partial charge in [0.1, 0.15) is 5.75 Å². The third kappa shape index (κ3) is 3.67. The van der Waals surface area contributed by atoms with Crippen LogP contribution in [0.25, 0.3) is 6.08 Å². The number of cyclic esters (lactones) is 1. The first kappa shape index (κ1) is 18.0. The monoisotopic (exact) mass is 376 g/mol. The Morgan fingerprint density at radius 1 is 1.11 bits per heavy atom. The third-order valence-corrected chi connectivity index (χ3v) is 4.61. The molecule has 0 bridgehead atoms. The molecule has 1 amide bonds. The van der Waals surface area contributed by atoms with Crippen molar-refractivity contribution in [3.8, 4) is 5.75 Å². The van der Waals surface area contributed by atoms with Gasteiger partial charge in [-0.2, -0.15) is 0 Å². The normalized spacial score (nSPS) is 17.8. The molecule has 0 aliphatic carbocycles. The first-order valence-electron chi connectivity index (χ1n) is 9.30. The topological polar surface area (TPSA) is 68.2 Å². The second kappa shape index (κ2) is 7.68. The SMILES string of the molecule is CCOc1ccc(/C=C2/N=C(c3ccc(N4CCCC4=O)cc3)OC2=O)cc1. The number of hydrogen-bond acceptors (Lipinski definition) is 5. The summed E-state index contributed by atoms with van der Waals surface area (Å²) in [6.07, 6.45) is 3.15. The van der Waals surface area contributed by atoms with Gasteiger partial charge in [-0.15, -0.1) is 0 Å². The van der Waals surface area contributed by atoms with Gasteiger partial charge in [-0.3, -0.25) is 4.79 Å². The Bertz CT molecular complexity index is 959. The summed E-state index contributed by atoms with van der Waals surface area (Å²) in [5.74, 6) is 0.696. The van der Waals surface area contributed by atoms with Crippen molar-refractivity contribution in [2.24, 2.45) is 4.99 Å². The fourth-order valence-corrected chi connectivity index (χ4v) is 3.22. The van der Waals surface area contributed by atoms with Crippen LogP contribution in [-0.2, 0) is 14.3 Å². The summed E-state index contributed by atoms with van der Waals surface area (Å²) in [7, 11) is 0. The van der Waals surface area contributed by atoms with Crippen LogP contribution < -0.4 is 9.64 Å². The van der Waals surface area contributed by atoms with Gasteiger partial charge in [0, 0.05) is 24.2 Å². The van der Waals surface area contributed by atoms with Crippen molar-refractivity contribution in [3.63, 3.8) is 0 Å². The summed E-state index contributed by atoms with van der Waals surface area (Å²) in [6, 6.07) is 14.7. The molecule has 0 radical (unpaired) electrons. The molecule has 142 valence electrons. The van der Waals surface area contributed by atoms with Crippen LogP contribution in [0.5, 0.6) is 5.75 Å². The minimum Gasteiger partial charge on any atom is -0.494 e. The van der Waals surface area contributed by atoms with E-state index in [1.54, 1.807) is 11.0 Å². The van der Waals surface area contributed by atoms with Crippen molar-refractivity contribution in [2.45, 2.75) is 19.8 Å². The summed E-state index contributed by atoms with van der Waals surface area (Å²) in [5, 5.41) is 0. The molecule has 0 atom stereocenters. The number of carbonyl (C=O) groups excluding carboxylic acids is 2. The van der Waals surface area contributed by atoms with E-state index in [-0.39, 0.29) is 17.5 Å². The Morgan fingerprint density at radius 2 is 1.86 bits per heavy atom. The van der Waals surface area contributed by atoms with Gasteiger partial charge in [-0.25, -0.2) is 9.79 Å². The van der Waals surface area contributed by atoms with Crippen LogP contribution in [0.4, 0.5) is 5.69 Å². The van der Waals surface area contributed by atoms with Crippen LogP contribution in [0.2, 0.25) is 0 Å². The number of rotatable bonds is 5. The number of esters is 1. The number of nitrogens with zero attached hydrogens (tertiary/aromatic N) is 2. The molecule has 2 aromatic carbocycles. The van der Waals surface area contributed by atoms with Crippen LogP contribution in [-0.4, -0.2) is 30.9 Å². The molecule has 6 nitrogen and oxygen atoms in total. The van der Waals surface area contributed by atoms with Gasteiger partial charge in [0.15, 0.2) is 5.70 Å². The number of amides is 1. The number of benzene rings is 2. The lowest BCUT2D eigenvalue weighted by molar-refractivity contribution is -0.130. The first-order valence-corrected chi connectivity index (χ1v) is 9.30. The van der Waals surface area contributed by atoms with Gasteiger partial charge < -0.3 is 14.4 Å². The Labute approximate surface area is 163 Å². The highest BCUT2D eigenvalue weighted by Crippen LogP contribution is 2.24. The maximum absolute atomic E-state index is 12.2. The number of carbonyl (C=O) groups is 2. The fourth-order valence-electron chi connectivity index (χ4n) is 3.22. The molecule has 4 rings (SSSR count). The molecule has 1 saturated heterocycles. The van der Waals surface area contributed by atoms with E-state index in [9.17, 15) is 9.59 Å². The largest absolute Gasteiger partial charge is 0.494 e. The van der Waals surface area contributed by atoms with Crippen molar-refractivity contribution in [3.05, 3.63) is 65.4 Å². The maximum Gasteiger partial charge on any atom is 0.363 e. The van der Waals surface area contributed by atoms with Crippen LogP contribution in [0.3, 0.4) is 0 Å². The van der Waals surface area contributed by atoms with Gasteiger partial charge in [0.05, 0.1) is 6.61 Å². The van der Waals surface area contributed by atoms with Crippen molar-refractivity contribution in [1.82, 2.24) is 0 Å². The molecular formula is C22H20N2O4. The molecule has 1 fully saturated rings. The molecule has 28 heavy (non-hydrogen) atoms. The predicted molar refractivity (Wildman–Crippen MR) is 106 cm³/mol. The number of ether oxygens (including phenoxy) is 2. The second-order valence-electron chi connectivity index (χ2n) is 6.53. The number of hydrogen-bond donors (Lipinski definition) is 0. The molecule has 2 heterocycles. The molecule has 0 spiro atoms. The molecule has 2 aliphatic heterocycles. The smallest absolute Gasteiger partial charge is 0.363 e. The first-order chi connectivity index (χ1) is 13.6. The molecule has 0 saturated carbocycles. The van der Waals surface area contributed by atoms with E-state index in [4.69, 9.17) is 9.47 Å². The highest BCUT2D eigenvalue weighted by molar-refractivity contribution is 6.13. The molecular weight excluding hydrogens is 356 g/mol. The minimum atomic E-state index is -0.484. The number of aliphatic imine (C=N–C) groups is 1. The van der Waals surface area contributed by atoms with Crippen LogP contribution >= 0.6 is 0 Å². The van der Waals surface area contributed by atoms with Crippen LogP contribution in [0, 0.1) is 0 Å². The summed E-state index contributed by atoms with van der Waals surface area (Å²) in [5.41, 5.74) is 2.63. The lowest BCUT2D eigenvalue weighted by Gasteiger charge is -2.15. The highest BCUT2D eigenvalue weighted by Gasteiger charge is 2.25. The standard InChI is InChI=1S/C22H20N2O4/c1-2-27-18-11-5-15(6-12-18)14-19-22(26)28-21(23-19)16-7-9-17(10-8-16)24-13-3-4-20(24)25/h5-12,14H,2-4,13H2,1H3/b19-14+. The Morgan fingerprint density at radius 3 is 2.50 bits per heavy atom. The lowest BCUT2D eigenvalue weighted by atomic mass is 10.2. The van der Waals surface area contributed by atoms with Gasteiger partial charge in [0.2, 0.25) is 11.8 Å². The Hall–Kier alpha value is -3.41. The summed E-state index contributed by atoms with van der Waals surface area (Å²) < 4.78 is 10.7. The number of anilines is 1. The average molecular weight is 376 g/mol. The van der Waals surface area contributed by atoms with Crippen molar-refractivity contribution in [2.75, 3.05) is 18.1 Å². The molecule has 2 aliphatic rings. The van der Waals surface area contributed by atoms with Gasteiger partial charge >= 0.3 is 5.97 Å². The maximum atomic E-state index is 12.2. The summed E-state index contributed by atoms with van der Waals surface area (Å²) in [4.78, 5) is 30.1. The van der Waals surface area contributed by atoms with Crippen LogP contribution in [0.15, 0.2) is 59.2 Å². The quantitative estimate of drug-likeness (QED) is 0.591. The van der Waals surface area contributed by atoms with Crippen molar-refractivity contribution >= 4 is 29.5 Å². The van der Waals surface area contributed by atoms with Gasteiger partial charge in [-0.05, 0) is 61.4 Å². The van der Waals surface area contributed by atoms with E-state index in [1.807, 2.05) is 55.5 Å². The Balaban J connectivity index is 1.52. The van der Waals surface area contributed by atoms with Crippen molar-refractivity contribution in [1.29, 1.82) is 0 Å². The summed E-state index contributed by atoms with van der Waals surface area (Å²) >= 11 is 0. The van der Waals surface area contributed by atoms with E-state index < -0.39 is 5.97 Å². The van der Waals surface area contributed by atoms with E-state index >= 15 is 0 Å². The zero-order valence-corrected chi connectivity index (χ0v) is 15.6. The predicted octanol–water partition coefficient (Wildman–Crippen LogP) is 3.56. The van der Waals surface area contributed by atoms with Gasteiger partial charge in [0.25, 0.3) is 0 Å². The Kier molecular flexibility index (Phi) is 4.93. The fraction of sp³-hybridized carbons (Fsp3) is 0.227. The molecule has 0 N–H and O–H groups in total. The third-order valence-electron chi connectivity index (χ3n) is 4.61. The van der Waals surface area contributed by atoms with Crippen LogP contribution in [0.1, 0.15) is 30.9 Å². The lowest BCUT2D eigenvalue weighted by Crippen LogP contribution is -2.23. The van der Waals surface area contributed by atoms with E-state index in [0.29, 0.717) is 18.6 Å². The zero-order chi connectivity index (χ0) is 19.5. The highest BCUT2D eigenvalue weighted by atomic mass is 16.6. The second-order valence-corrected chi connectivity index (χ2v) is 6.53. The molecule has 0 unspecified atom stereocenters. The molecule has 2 aromatic rings. The van der Waals surface area contributed by atoms with Crippen molar-refractivity contribution < 1.29 is 19.1 Å². The van der Waals surface area contributed by atoms with E-state index in [1.165, 1.54) is 0 Å². The minimum absolute atomic E-state index is 0.137.